The van der Waals surface area contributed by atoms with Crippen LogP contribution in [0.5, 0.6) is 5.75 Å². The maximum absolute atomic E-state index is 13.5. The number of carbonyl (C=O) groups excluding carboxylic acids is 2. The fourth-order valence-electron chi connectivity index (χ4n) is 3.58. The molecule has 0 aromatic heterocycles. The van der Waals surface area contributed by atoms with Crippen LogP contribution in [-0.4, -0.2) is 23.8 Å². The van der Waals surface area contributed by atoms with E-state index in [0.717, 1.165) is 22.4 Å². The number of nitrogens with one attached hydrogen (secondary N) is 1. The Kier molecular flexibility index (Phi) is 8.50. The zero-order valence-electron chi connectivity index (χ0n) is 19.1. The summed E-state index contributed by atoms with van der Waals surface area (Å²) in [5.74, 6) is 0.0969. The predicted molar refractivity (Wildman–Crippen MR) is 131 cm³/mol. The first-order valence-corrected chi connectivity index (χ1v) is 11.3. The summed E-state index contributed by atoms with van der Waals surface area (Å²) in [6.07, 6.45) is 0. The second-order valence-electron chi connectivity index (χ2n) is 8.09. The molecule has 172 valence electrons. The van der Waals surface area contributed by atoms with Crippen molar-refractivity contribution in [1.29, 1.82) is 0 Å². The Hall–Kier alpha value is -3.31. The van der Waals surface area contributed by atoms with Crippen LogP contribution in [0.25, 0.3) is 0 Å². The number of benzene rings is 3. The smallest absolute Gasteiger partial charge is 0.247 e. The van der Waals surface area contributed by atoms with Gasteiger partial charge in [-0.15, -0.1) is 0 Å². The summed E-state index contributed by atoms with van der Waals surface area (Å²) in [5, 5.41) is 3.56. The molecule has 0 saturated carbocycles. The molecule has 1 unspecified atom stereocenters. The highest BCUT2D eigenvalue weighted by molar-refractivity contribution is 6.31. The molecule has 1 N–H and O–H groups in total. The van der Waals surface area contributed by atoms with E-state index in [1.165, 1.54) is 0 Å². The third-order valence-corrected chi connectivity index (χ3v) is 5.74. The van der Waals surface area contributed by atoms with Crippen LogP contribution in [-0.2, 0) is 22.7 Å². The van der Waals surface area contributed by atoms with Crippen molar-refractivity contribution < 1.29 is 14.3 Å². The standard InChI is InChI=1S/C27H29ClN2O3/c1-19(2)27(32)30(18-20-13-15-23(33-3)16-14-20)25(21-9-5-4-6-10-21)26(31)29-17-22-11-7-8-12-24(22)28/h4-16,19,25H,17-18H2,1-3H3,(H,29,31). The number of ether oxygens (including phenoxy) is 1. The Balaban J connectivity index is 1.93. The van der Waals surface area contributed by atoms with Gasteiger partial charge < -0.3 is 15.0 Å². The summed E-state index contributed by atoms with van der Waals surface area (Å²) in [4.78, 5) is 28.5. The molecular weight excluding hydrogens is 436 g/mol. The SMILES string of the molecule is COc1ccc(CN(C(=O)C(C)C)C(C(=O)NCc2ccccc2Cl)c2ccccc2)cc1. The summed E-state index contributed by atoms with van der Waals surface area (Å²) in [6, 6.07) is 23.5. The molecule has 0 spiro atoms. The van der Waals surface area contributed by atoms with Crippen LogP contribution in [0, 0.1) is 5.92 Å². The summed E-state index contributed by atoms with van der Waals surface area (Å²) < 4.78 is 5.24. The van der Waals surface area contributed by atoms with E-state index in [1.54, 1.807) is 18.1 Å². The van der Waals surface area contributed by atoms with Gasteiger partial charge in [0.25, 0.3) is 0 Å². The van der Waals surface area contributed by atoms with Gasteiger partial charge in [0.15, 0.2) is 0 Å². The lowest BCUT2D eigenvalue weighted by atomic mass is 10.0. The minimum Gasteiger partial charge on any atom is -0.497 e. The van der Waals surface area contributed by atoms with Gasteiger partial charge in [-0.2, -0.15) is 0 Å². The highest BCUT2D eigenvalue weighted by Gasteiger charge is 2.32. The molecule has 0 radical (unpaired) electrons. The summed E-state index contributed by atoms with van der Waals surface area (Å²) in [6.45, 7) is 4.24. The Labute approximate surface area is 200 Å². The van der Waals surface area contributed by atoms with Crippen LogP contribution >= 0.6 is 11.6 Å². The number of nitrogens with zero attached hydrogens (tertiary/aromatic N) is 1. The molecule has 3 aromatic rings. The van der Waals surface area contributed by atoms with Gasteiger partial charge in [0.2, 0.25) is 11.8 Å². The molecule has 33 heavy (non-hydrogen) atoms. The van der Waals surface area contributed by atoms with E-state index < -0.39 is 6.04 Å². The molecular formula is C27H29ClN2O3. The van der Waals surface area contributed by atoms with Crippen molar-refractivity contribution in [3.8, 4) is 5.75 Å². The van der Waals surface area contributed by atoms with Crippen LogP contribution in [0.4, 0.5) is 0 Å². The van der Waals surface area contributed by atoms with Crippen molar-refractivity contribution in [3.05, 3.63) is 101 Å². The number of halogens is 1. The predicted octanol–water partition coefficient (Wildman–Crippen LogP) is 5.39. The fraction of sp³-hybridized carbons (Fsp3) is 0.259. The molecule has 0 aliphatic rings. The van der Waals surface area contributed by atoms with Crippen molar-refractivity contribution in [3.63, 3.8) is 0 Å². The first-order chi connectivity index (χ1) is 15.9. The monoisotopic (exact) mass is 464 g/mol. The zero-order valence-corrected chi connectivity index (χ0v) is 19.9. The molecule has 0 aliphatic heterocycles. The van der Waals surface area contributed by atoms with Crippen molar-refractivity contribution in [2.24, 2.45) is 5.92 Å². The molecule has 0 aliphatic carbocycles. The van der Waals surface area contributed by atoms with Crippen molar-refractivity contribution >= 4 is 23.4 Å². The fourth-order valence-corrected chi connectivity index (χ4v) is 3.79. The normalized spacial score (nSPS) is 11.7. The van der Waals surface area contributed by atoms with Crippen molar-refractivity contribution in [2.75, 3.05) is 7.11 Å². The minimum atomic E-state index is -0.786. The number of carbonyl (C=O) groups is 2. The largest absolute Gasteiger partial charge is 0.497 e. The Morgan fingerprint density at radius 2 is 1.58 bits per heavy atom. The molecule has 3 aromatic carbocycles. The zero-order chi connectivity index (χ0) is 23.8. The number of rotatable bonds is 9. The topological polar surface area (TPSA) is 58.6 Å². The molecule has 0 bridgehead atoms. The number of hydrogen-bond acceptors (Lipinski definition) is 3. The van der Waals surface area contributed by atoms with Crippen LogP contribution < -0.4 is 10.1 Å². The van der Waals surface area contributed by atoms with Gasteiger partial charge in [-0.1, -0.05) is 86.1 Å². The third kappa shape index (κ3) is 6.36. The number of hydrogen-bond donors (Lipinski definition) is 1. The van der Waals surface area contributed by atoms with E-state index in [4.69, 9.17) is 16.3 Å². The second kappa shape index (κ2) is 11.5. The molecule has 2 amide bonds. The number of amides is 2. The highest BCUT2D eigenvalue weighted by Crippen LogP contribution is 2.26. The summed E-state index contributed by atoms with van der Waals surface area (Å²) in [7, 11) is 1.61. The Morgan fingerprint density at radius 3 is 2.18 bits per heavy atom. The lowest BCUT2D eigenvalue weighted by molar-refractivity contribution is -0.144. The third-order valence-electron chi connectivity index (χ3n) is 5.38. The van der Waals surface area contributed by atoms with E-state index in [2.05, 4.69) is 5.32 Å². The van der Waals surface area contributed by atoms with Gasteiger partial charge in [0.1, 0.15) is 11.8 Å². The molecule has 6 heteroatoms. The maximum Gasteiger partial charge on any atom is 0.247 e. The van der Waals surface area contributed by atoms with Crippen LogP contribution in [0.1, 0.15) is 36.6 Å². The van der Waals surface area contributed by atoms with Gasteiger partial charge in [0, 0.05) is 24.0 Å². The first kappa shape index (κ1) is 24.3. The molecule has 5 nitrogen and oxygen atoms in total. The van der Waals surface area contributed by atoms with Gasteiger partial charge in [-0.25, -0.2) is 0 Å². The number of methoxy groups -OCH3 is 1. The Bertz CT molecular complexity index is 1070. The van der Waals surface area contributed by atoms with Gasteiger partial charge in [-0.3, -0.25) is 9.59 Å². The van der Waals surface area contributed by atoms with E-state index >= 15 is 0 Å². The summed E-state index contributed by atoms with van der Waals surface area (Å²) >= 11 is 6.26. The maximum atomic E-state index is 13.5. The lowest BCUT2D eigenvalue weighted by Crippen LogP contribution is -2.44. The minimum absolute atomic E-state index is 0.104. The second-order valence-corrected chi connectivity index (χ2v) is 8.50. The molecule has 1 atom stereocenters. The van der Waals surface area contributed by atoms with E-state index in [0.29, 0.717) is 11.6 Å². The first-order valence-electron chi connectivity index (χ1n) is 10.9. The van der Waals surface area contributed by atoms with E-state index in [-0.39, 0.29) is 24.3 Å². The lowest BCUT2D eigenvalue weighted by Gasteiger charge is -2.33. The summed E-state index contributed by atoms with van der Waals surface area (Å²) in [5.41, 5.74) is 2.47. The van der Waals surface area contributed by atoms with Gasteiger partial charge in [-0.05, 0) is 34.9 Å². The molecule has 0 heterocycles. The van der Waals surface area contributed by atoms with Crippen LogP contribution in [0.2, 0.25) is 5.02 Å². The molecule has 0 saturated heterocycles. The molecule has 3 rings (SSSR count). The highest BCUT2D eigenvalue weighted by atomic mass is 35.5. The van der Waals surface area contributed by atoms with Crippen LogP contribution in [0.3, 0.4) is 0 Å². The average molecular weight is 465 g/mol. The van der Waals surface area contributed by atoms with Crippen molar-refractivity contribution in [1.82, 2.24) is 10.2 Å². The van der Waals surface area contributed by atoms with Gasteiger partial charge in [0.05, 0.1) is 7.11 Å². The van der Waals surface area contributed by atoms with E-state index in [9.17, 15) is 9.59 Å². The quantitative estimate of drug-likeness (QED) is 0.461. The molecule has 0 fully saturated rings. The van der Waals surface area contributed by atoms with Gasteiger partial charge >= 0.3 is 0 Å². The average Bonchev–Trinajstić information content (AvgIpc) is 2.83. The van der Waals surface area contributed by atoms with Crippen molar-refractivity contribution in [2.45, 2.75) is 33.0 Å². The van der Waals surface area contributed by atoms with Crippen LogP contribution in [0.15, 0.2) is 78.9 Å². The van der Waals surface area contributed by atoms with E-state index in [1.807, 2.05) is 86.6 Å². The Morgan fingerprint density at radius 1 is 0.939 bits per heavy atom.